The average molecular weight is 667 g/mol. The van der Waals surface area contributed by atoms with Crippen molar-refractivity contribution in [2.75, 3.05) is 20.3 Å². The first kappa shape index (κ1) is 32.0. The van der Waals surface area contributed by atoms with Gasteiger partial charge in [0.2, 0.25) is 0 Å². The van der Waals surface area contributed by atoms with Crippen LogP contribution in [0.2, 0.25) is 15.1 Å². The number of halogens is 3. The Hall–Kier alpha value is -2.36. The van der Waals surface area contributed by atoms with Crippen molar-refractivity contribution in [3.63, 3.8) is 0 Å². The molecule has 0 aromatic heterocycles. The molecule has 0 spiro atoms. The number of ether oxygens (including phenoxy) is 1. The van der Waals surface area contributed by atoms with E-state index >= 15 is 0 Å². The molecule has 0 saturated carbocycles. The van der Waals surface area contributed by atoms with E-state index in [1.54, 1.807) is 13.2 Å². The van der Waals surface area contributed by atoms with Crippen molar-refractivity contribution in [3.05, 3.63) is 79.6 Å². The minimum absolute atomic E-state index is 0.0571. The predicted octanol–water partition coefficient (Wildman–Crippen LogP) is 7.75. The molecule has 0 bridgehead atoms. The first-order chi connectivity index (χ1) is 20.0. The molecule has 2 aliphatic carbocycles. The Kier molecular flexibility index (Phi) is 8.59. The molecule has 5 rings (SSSR count). The molecule has 0 unspecified atom stereocenters. The molecular weight excluding hydrogens is 633 g/mol. The molecule has 1 heterocycles. The smallest absolute Gasteiger partial charge is 0.339 e. The highest BCUT2D eigenvalue weighted by Crippen LogP contribution is 2.56. The van der Waals surface area contributed by atoms with Gasteiger partial charge in [0.25, 0.3) is 0 Å². The molecule has 230 valence electrons. The number of hydrogen-bond acceptors (Lipinski definition) is 7. The Morgan fingerprint density at radius 2 is 1.37 bits per heavy atom. The van der Waals surface area contributed by atoms with Crippen LogP contribution in [0.1, 0.15) is 64.9 Å². The summed E-state index contributed by atoms with van der Waals surface area (Å²) in [6.45, 7) is 9.02. The van der Waals surface area contributed by atoms with Gasteiger partial charge in [-0.3, -0.25) is 9.59 Å². The standard InChI is InChI=1S/C32H34Cl3NO6S/c1-31(2)14-23-28(25(37)16-31)27(29-24(36(23)10-11-41-5)15-32(3,4)17-26(29)38)21-12-19(34)13-22(35)30(21)42-43(39,40)20-8-6-18(33)7-9-20/h6-9,12-13,27H,10-11,14-17H2,1-5H3. The molecule has 2 aromatic carbocycles. The largest absolute Gasteiger partial charge is 0.383 e. The van der Waals surface area contributed by atoms with Crippen LogP contribution in [0.3, 0.4) is 0 Å². The lowest BCUT2D eigenvalue weighted by Gasteiger charge is -2.49. The summed E-state index contributed by atoms with van der Waals surface area (Å²) in [5.41, 5.74) is 2.07. The SMILES string of the molecule is COCCN1C2=C(C(=O)CC(C)(C)C2)C(c2cc(Cl)cc(Cl)c2OS(=O)(=O)c2ccc(Cl)cc2)C2=C1CC(C)(C)CC2=O. The van der Waals surface area contributed by atoms with E-state index in [1.165, 1.54) is 30.3 Å². The molecule has 11 heteroatoms. The molecule has 0 fully saturated rings. The van der Waals surface area contributed by atoms with Gasteiger partial charge < -0.3 is 13.8 Å². The minimum atomic E-state index is -4.39. The Morgan fingerprint density at radius 1 is 0.837 bits per heavy atom. The van der Waals surface area contributed by atoms with Crippen molar-refractivity contribution in [2.45, 2.75) is 64.2 Å². The summed E-state index contributed by atoms with van der Waals surface area (Å²) in [5, 5.41) is 0.522. The van der Waals surface area contributed by atoms with Crippen LogP contribution in [-0.2, 0) is 24.4 Å². The Morgan fingerprint density at radius 3 is 1.88 bits per heavy atom. The molecule has 0 amide bonds. The number of carbonyl (C=O) groups is 2. The molecule has 0 saturated heterocycles. The highest BCUT2D eigenvalue weighted by Gasteiger charge is 2.50. The molecule has 43 heavy (non-hydrogen) atoms. The monoisotopic (exact) mass is 665 g/mol. The summed E-state index contributed by atoms with van der Waals surface area (Å²) in [6, 6.07) is 8.47. The van der Waals surface area contributed by atoms with Crippen molar-refractivity contribution in [2.24, 2.45) is 10.8 Å². The minimum Gasteiger partial charge on any atom is -0.383 e. The zero-order valence-electron chi connectivity index (χ0n) is 24.7. The summed E-state index contributed by atoms with van der Waals surface area (Å²) < 4.78 is 38.1. The maximum absolute atomic E-state index is 14.1. The second-order valence-corrected chi connectivity index (χ2v) is 15.8. The average Bonchev–Trinajstić information content (AvgIpc) is 2.87. The van der Waals surface area contributed by atoms with Gasteiger partial charge in [0.15, 0.2) is 17.3 Å². The number of allylic oxidation sites excluding steroid dienone is 4. The van der Waals surface area contributed by atoms with E-state index in [1.807, 2.05) is 27.7 Å². The van der Waals surface area contributed by atoms with Gasteiger partial charge >= 0.3 is 10.1 Å². The van der Waals surface area contributed by atoms with Crippen LogP contribution in [0, 0.1) is 10.8 Å². The Labute approximate surface area is 267 Å². The quantitative estimate of drug-likeness (QED) is 0.279. The third kappa shape index (κ3) is 6.27. The lowest BCUT2D eigenvalue weighted by Crippen LogP contribution is -2.45. The summed E-state index contributed by atoms with van der Waals surface area (Å²) >= 11 is 19.2. The van der Waals surface area contributed by atoms with Crippen molar-refractivity contribution in [1.29, 1.82) is 0 Å². The van der Waals surface area contributed by atoms with Crippen molar-refractivity contribution in [3.8, 4) is 5.75 Å². The molecule has 3 aliphatic rings. The second kappa shape index (κ2) is 11.5. The number of rotatable bonds is 7. The van der Waals surface area contributed by atoms with Crippen molar-refractivity contribution >= 4 is 56.5 Å². The van der Waals surface area contributed by atoms with E-state index in [0.717, 1.165) is 11.4 Å². The fourth-order valence-electron chi connectivity index (χ4n) is 6.45. The number of nitrogens with zero attached hydrogens (tertiary/aromatic N) is 1. The van der Waals surface area contributed by atoms with Crippen LogP contribution in [0.5, 0.6) is 5.75 Å². The van der Waals surface area contributed by atoms with E-state index in [4.69, 9.17) is 43.7 Å². The molecule has 2 aromatic rings. The maximum atomic E-state index is 14.1. The van der Waals surface area contributed by atoms with Gasteiger partial charge in [-0.2, -0.15) is 8.42 Å². The summed E-state index contributed by atoms with van der Waals surface area (Å²) in [5.74, 6) is -1.33. The zero-order valence-corrected chi connectivity index (χ0v) is 27.8. The van der Waals surface area contributed by atoms with E-state index < -0.39 is 16.0 Å². The number of carbonyl (C=O) groups excluding carboxylic acids is 2. The van der Waals surface area contributed by atoms with Crippen LogP contribution >= 0.6 is 34.8 Å². The van der Waals surface area contributed by atoms with Crippen LogP contribution in [0.4, 0.5) is 0 Å². The van der Waals surface area contributed by atoms with Gasteiger partial charge in [0, 0.05) is 70.6 Å². The van der Waals surface area contributed by atoms with Gasteiger partial charge in [0.1, 0.15) is 4.90 Å². The fraction of sp³-hybridized carbons (Fsp3) is 0.438. The Bertz CT molecular complexity index is 1620. The summed E-state index contributed by atoms with van der Waals surface area (Å²) in [7, 11) is -2.77. The van der Waals surface area contributed by atoms with Crippen LogP contribution in [-0.4, -0.2) is 45.1 Å². The van der Waals surface area contributed by atoms with Crippen LogP contribution in [0.25, 0.3) is 0 Å². The lowest BCUT2D eigenvalue weighted by molar-refractivity contribution is -0.119. The van der Waals surface area contributed by atoms with E-state index in [-0.39, 0.29) is 61.5 Å². The first-order valence-corrected chi connectivity index (χ1v) is 16.6. The third-order valence-electron chi connectivity index (χ3n) is 8.18. The lowest BCUT2D eigenvalue weighted by atomic mass is 9.63. The molecule has 0 N–H and O–H groups in total. The van der Waals surface area contributed by atoms with Crippen LogP contribution in [0.15, 0.2) is 63.8 Å². The van der Waals surface area contributed by atoms with Crippen molar-refractivity contribution in [1.82, 2.24) is 4.90 Å². The fourth-order valence-corrected chi connectivity index (χ4v) is 8.14. The van der Waals surface area contributed by atoms with E-state index in [9.17, 15) is 18.0 Å². The van der Waals surface area contributed by atoms with Crippen molar-refractivity contribution < 1.29 is 26.9 Å². The normalized spacial score (nSPS) is 20.3. The molecule has 7 nitrogen and oxygen atoms in total. The third-order valence-corrected chi connectivity index (χ3v) is 10.2. The van der Waals surface area contributed by atoms with Crippen LogP contribution < -0.4 is 4.18 Å². The van der Waals surface area contributed by atoms with Gasteiger partial charge in [-0.1, -0.05) is 62.5 Å². The number of benzene rings is 2. The second-order valence-electron chi connectivity index (χ2n) is 13.0. The first-order valence-electron chi connectivity index (χ1n) is 14.0. The zero-order chi connectivity index (χ0) is 31.5. The van der Waals surface area contributed by atoms with Gasteiger partial charge in [0.05, 0.1) is 11.6 Å². The topological polar surface area (TPSA) is 90.0 Å². The Balaban J connectivity index is 1.78. The van der Waals surface area contributed by atoms with E-state index in [2.05, 4.69) is 4.90 Å². The predicted molar refractivity (Wildman–Crippen MR) is 167 cm³/mol. The number of ketones is 2. The molecule has 0 radical (unpaired) electrons. The van der Waals surface area contributed by atoms with Gasteiger partial charge in [-0.25, -0.2) is 0 Å². The molecular formula is C32H34Cl3NO6S. The van der Waals surface area contributed by atoms with Gasteiger partial charge in [-0.15, -0.1) is 0 Å². The number of methoxy groups -OCH3 is 1. The molecule has 0 atom stereocenters. The number of Topliss-reactive ketones (excluding diaryl/α,β-unsaturated/α-hetero) is 2. The van der Waals surface area contributed by atoms with Gasteiger partial charge in [-0.05, 0) is 60.1 Å². The maximum Gasteiger partial charge on any atom is 0.339 e. The summed E-state index contributed by atoms with van der Waals surface area (Å²) in [6.07, 6.45) is 1.67. The molecule has 1 aliphatic heterocycles. The summed E-state index contributed by atoms with van der Waals surface area (Å²) in [4.78, 5) is 30.1. The number of hydrogen-bond donors (Lipinski definition) is 0. The van der Waals surface area contributed by atoms with E-state index in [0.29, 0.717) is 42.2 Å². The highest BCUT2D eigenvalue weighted by atomic mass is 35.5. The highest BCUT2D eigenvalue weighted by molar-refractivity contribution is 7.87.